The fourth-order valence-electron chi connectivity index (χ4n) is 3.17. The summed E-state index contributed by atoms with van der Waals surface area (Å²) in [7, 11) is 1.48. The van der Waals surface area contributed by atoms with Crippen molar-refractivity contribution in [2.24, 2.45) is 11.0 Å². The normalized spacial score (nSPS) is 10.8. The highest BCUT2D eigenvalue weighted by atomic mass is 16.5. The first-order valence-electron chi connectivity index (χ1n) is 10.9. The molecule has 0 unspecified atom stereocenters. The van der Waals surface area contributed by atoms with Gasteiger partial charge < -0.3 is 20.1 Å². The molecule has 0 heterocycles. The van der Waals surface area contributed by atoms with Crippen molar-refractivity contribution in [1.29, 1.82) is 0 Å². The summed E-state index contributed by atoms with van der Waals surface area (Å²) in [5.41, 5.74) is 6.65. The number of benzene rings is 2. The van der Waals surface area contributed by atoms with Crippen LogP contribution in [0.15, 0.2) is 35.4 Å². The topological polar surface area (TPSA) is 118 Å². The predicted molar refractivity (Wildman–Crippen MR) is 131 cm³/mol. The van der Waals surface area contributed by atoms with Crippen LogP contribution >= 0.6 is 0 Å². The largest absolute Gasteiger partial charge is 0.493 e. The van der Waals surface area contributed by atoms with Crippen LogP contribution in [0.4, 0.5) is 5.69 Å². The van der Waals surface area contributed by atoms with Crippen molar-refractivity contribution in [3.05, 3.63) is 52.6 Å². The Morgan fingerprint density at radius 3 is 2.29 bits per heavy atom. The number of nitrogens with zero attached hydrogens (tertiary/aromatic N) is 1. The molecule has 2 rings (SSSR count). The molecule has 0 radical (unpaired) electrons. The second-order valence-corrected chi connectivity index (χ2v) is 8.32. The van der Waals surface area contributed by atoms with Crippen molar-refractivity contribution >= 4 is 29.6 Å². The van der Waals surface area contributed by atoms with E-state index in [0.29, 0.717) is 23.6 Å². The smallest absolute Gasteiger partial charge is 0.329 e. The molecule has 0 atom stereocenters. The van der Waals surface area contributed by atoms with Crippen LogP contribution in [-0.4, -0.2) is 44.2 Å². The van der Waals surface area contributed by atoms with E-state index in [-0.39, 0.29) is 18.4 Å². The maximum atomic E-state index is 12.4. The molecule has 34 heavy (non-hydrogen) atoms. The van der Waals surface area contributed by atoms with Crippen LogP contribution in [0.3, 0.4) is 0 Å². The average Bonchev–Trinajstić information content (AvgIpc) is 2.78. The maximum absolute atomic E-state index is 12.4. The molecule has 0 aliphatic heterocycles. The van der Waals surface area contributed by atoms with Gasteiger partial charge in [-0.25, -0.2) is 5.43 Å². The van der Waals surface area contributed by atoms with Gasteiger partial charge in [-0.05, 0) is 61.6 Å². The Bertz CT molecular complexity index is 1060. The highest BCUT2D eigenvalue weighted by Gasteiger charge is 2.13. The summed E-state index contributed by atoms with van der Waals surface area (Å²) >= 11 is 0. The summed E-state index contributed by atoms with van der Waals surface area (Å²) < 4.78 is 11.0. The van der Waals surface area contributed by atoms with E-state index in [1.807, 2.05) is 46.8 Å². The molecule has 0 spiro atoms. The fourth-order valence-corrected chi connectivity index (χ4v) is 3.17. The van der Waals surface area contributed by atoms with Gasteiger partial charge in [0.1, 0.15) is 0 Å². The number of methoxy groups -OCH3 is 1. The molecule has 0 aliphatic carbocycles. The predicted octanol–water partition coefficient (Wildman–Crippen LogP) is 2.86. The van der Waals surface area contributed by atoms with Crippen LogP contribution in [0.1, 0.15) is 36.1 Å². The van der Waals surface area contributed by atoms with Gasteiger partial charge in [0.15, 0.2) is 18.1 Å². The average molecular weight is 469 g/mol. The number of anilines is 1. The van der Waals surface area contributed by atoms with Gasteiger partial charge in [-0.15, -0.1) is 0 Å². The molecule has 3 amide bonds. The van der Waals surface area contributed by atoms with Crippen molar-refractivity contribution in [3.63, 3.8) is 0 Å². The molecule has 0 saturated carbocycles. The summed E-state index contributed by atoms with van der Waals surface area (Å²) in [5, 5.41) is 9.19. The van der Waals surface area contributed by atoms with E-state index < -0.39 is 11.8 Å². The SMILES string of the molecule is COc1cc(/C=N\NC(=O)C(=O)NCC(C)C)ccc1OCC(=O)Nc1c(C)cc(C)cc1C. The van der Waals surface area contributed by atoms with Gasteiger partial charge >= 0.3 is 11.8 Å². The Balaban J connectivity index is 1.94. The maximum Gasteiger partial charge on any atom is 0.329 e. The van der Waals surface area contributed by atoms with Crippen molar-refractivity contribution < 1.29 is 23.9 Å². The number of amides is 3. The van der Waals surface area contributed by atoms with E-state index in [0.717, 1.165) is 22.4 Å². The zero-order valence-electron chi connectivity index (χ0n) is 20.4. The van der Waals surface area contributed by atoms with Crippen LogP contribution in [-0.2, 0) is 14.4 Å². The van der Waals surface area contributed by atoms with E-state index >= 15 is 0 Å². The lowest BCUT2D eigenvalue weighted by Crippen LogP contribution is -2.39. The minimum absolute atomic E-state index is 0.196. The van der Waals surface area contributed by atoms with Gasteiger partial charge in [-0.2, -0.15) is 5.10 Å². The lowest BCUT2D eigenvalue weighted by atomic mass is 10.1. The molecule has 9 nitrogen and oxygen atoms in total. The van der Waals surface area contributed by atoms with Gasteiger partial charge in [0.2, 0.25) is 0 Å². The van der Waals surface area contributed by atoms with Gasteiger partial charge in [0, 0.05) is 12.2 Å². The van der Waals surface area contributed by atoms with Crippen molar-refractivity contribution in [2.75, 3.05) is 25.6 Å². The Morgan fingerprint density at radius 2 is 1.68 bits per heavy atom. The highest BCUT2D eigenvalue weighted by Crippen LogP contribution is 2.28. The summed E-state index contributed by atoms with van der Waals surface area (Å²) in [6, 6.07) is 8.96. The Hall–Kier alpha value is -3.88. The monoisotopic (exact) mass is 468 g/mol. The lowest BCUT2D eigenvalue weighted by Gasteiger charge is -2.14. The number of hydrogen-bond donors (Lipinski definition) is 3. The number of hydrazone groups is 1. The number of rotatable bonds is 9. The molecule has 2 aromatic carbocycles. The molecule has 0 saturated heterocycles. The summed E-state index contributed by atoms with van der Waals surface area (Å²) in [6.07, 6.45) is 1.37. The van der Waals surface area contributed by atoms with Crippen LogP contribution in [0.2, 0.25) is 0 Å². The van der Waals surface area contributed by atoms with E-state index in [1.165, 1.54) is 13.3 Å². The molecule has 0 aliphatic rings. The number of ether oxygens (including phenoxy) is 2. The van der Waals surface area contributed by atoms with Gasteiger partial charge in [0.05, 0.1) is 13.3 Å². The summed E-state index contributed by atoms with van der Waals surface area (Å²) in [5.74, 6) is -0.892. The fraction of sp³-hybridized carbons (Fsp3) is 0.360. The minimum atomic E-state index is -0.853. The third kappa shape index (κ3) is 7.91. The first-order chi connectivity index (χ1) is 16.1. The van der Waals surface area contributed by atoms with Crippen molar-refractivity contribution in [2.45, 2.75) is 34.6 Å². The van der Waals surface area contributed by atoms with Crippen LogP contribution in [0, 0.1) is 26.7 Å². The highest BCUT2D eigenvalue weighted by molar-refractivity contribution is 6.35. The molecule has 182 valence electrons. The standard InChI is InChI=1S/C25H32N4O5/c1-15(2)12-26-24(31)25(32)29-27-13-19-7-8-20(21(11-19)33-6)34-14-22(30)28-23-17(4)9-16(3)10-18(23)5/h7-11,13,15H,12,14H2,1-6H3,(H,26,31)(H,28,30)(H,29,32)/b27-13-. The summed E-state index contributed by atoms with van der Waals surface area (Å²) in [4.78, 5) is 35.8. The van der Waals surface area contributed by atoms with Crippen LogP contribution in [0.5, 0.6) is 11.5 Å². The second kappa shape index (κ2) is 12.4. The number of hydrogen-bond acceptors (Lipinski definition) is 6. The molecular weight excluding hydrogens is 436 g/mol. The van der Waals surface area contributed by atoms with E-state index in [1.54, 1.807) is 18.2 Å². The van der Waals surface area contributed by atoms with Gasteiger partial charge in [-0.3, -0.25) is 14.4 Å². The van der Waals surface area contributed by atoms with E-state index in [9.17, 15) is 14.4 Å². The van der Waals surface area contributed by atoms with Crippen LogP contribution < -0.4 is 25.5 Å². The minimum Gasteiger partial charge on any atom is -0.493 e. The van der Waals surface area contributed by atoms with Crippen molar-refractivity contribution in [1.82, 2.24) is 10.7 Å². The van der Waals surface area contributed by atoms with Gasteiger partial charge in [-0.1, -0.05) is 31.5 Å². The molecule has 9 heteroatoms. The zero-order chi connectivity index (χ0) is 25.3. The van der Waals surface area contributed by atoms with E-state index in [4.69, 9.17) is 9.47 Å². The molecule has 2 aromatic rings. The number of aryl methyl sites for hydroxylation is 3. The molecule has 0 bridgehead atoms. The van der Waals surface area contributed by atoms with E-state index in [2.05, 4.69) is 21.2 Å². The number of carbonyl (C=O) groups is 3. The number of carbonyl (C=O) groups excluding carboxylic acids is 3. The molecule has 3 N–H and O–H groups in total. The third-order valence-corrected chi connectivity index (χ3v) is 4.74. The second-order valence-electron chi connectivity index (χ2n) is 8.32. The Kier molecular flexibility index (Phi) is 9.61. The zero-order valence-corrected chi connectivity index (χ0v) is 20.4. The third-order valence-electron chi connectivity index (χ3n) is 4.74. The Labute approximate surface area is 199 Å². The molecule has 0 fully saturated rings. The Morgan fingerprint density at radius 1 is 1.00 bits per heavy atom. The molecular formula is C25H32N4O5. The number of nitrogens with one attached hydrogen (secondary N) is 3. The van der Waals surface area contributed by atoms with Crippen LogP contribution in [0.25, 0.3) is 0 Å². The quantitative estimate of drug-likeness (QED) is 0.297. The first kappa shape index (κ1) is 26.4. The first-order valence-corrected chi connectivity index (χ1v) is 10.9. The summed E-state index contributed by atoms with van der Waals surface area (Å²) in [6.45, 7) is 9.95. The molecule has 0 aromatic heterocycles. The van der Waals surface area contributed by atoms with Gasteiger partial charge in [0.25, 0.3) is 5.91 Å². The lowest BCUT2D eigenvalue weighted by molar-refractivity contribution is -0.139. The van der Waals surface area contributed by atoms with Crippen molar-refractivity contribution in [3.8, 4) is 11.5 Å².